The van der Waals surface area contributed by atoms with Gasteiger partial charge in [-0.15, -0.1) is 13.2 Å². The Hall–Kier alpha value is -4.12. The van der Waals surface area contributed by atoms with E-state index in [1.807, 2.05) is 12.1 Å². The third kappa shape index (κ3) is 6.27. The van der Waals surface area contributed by atoms with E-state index in [2.05, 4.69) is 20.0 Å². The number of hydrogen-bond donors (Lipinski definition) is 1. The number of hydrogen-bond acceptors (Lipinski definition) is 6. The van der Waals surface area contributed by atoms with Crippen LogP contribution in [0.25, 0.3) is 16.9 Å². The van der Waals surface area contributed by atoms with Crippen LogP contribution in [0.2, 0.25) is 0 Å². The van der Waals surface area contributed by atoms with Crippen molar-refractivity contribution in [2.24, 2.45) is 0 Å². The van der Waals surface area contributed by atoms with Crippen molar-refractivity contribution in [3.8, 4) is 17.2 Å². The molecular formula is C24H21F3N4O4. The molecule has 1 N–H and O–H groups in total. The van der Waals surface area contributed by atoms with Gasteiger partial charge < -0.3 is 19.5 Å². The number of rotatable bonds is 9. The first kappa shape index (κ1) is 24.0. The minimum Gasteiger partial charge on any atom is -0.489 e. The first-order valence-electron chi connectivity index (χ1n) is 10.5. The van der Waals surface area contributed by atoms with E-state index in [-0.39, 0.29) is 18.3 Å². The number of nitrogens with zero attached hydrogens (tertiary/aromatic N) is 3. The second kappa shape index (κ2) is 10.4. The molecule has 4 aromatic rings. The predicted molar refractivity (Wildman–Crippen MR) is 121 cm³/mol. The maximum atomic E-state index is 12.3. The molecule has 1 amide bonds. The lowest BCUT2D eigenvalue weighted by molar-refractivity contribution is -0.274. The maximum Gasteiger partial charge on any atom is 0.573 e. The van der Waals surface area contributed by atoms with E-state index in [4.69, 9.17) is 9.47 Å². The summed E-state index contributed by atoms with van der Waals surface area (Å²) in [6.45, 7) is 0.989. The molecule has 0 spiro atoms. The van der Waals surface area contributed by atoms with E-state index in [0.29, 0.717) is 41.2 Å². The van der Waals surface area contributed by atoms with Crippen LogP contribution in [0, 0.1) is 0 Å². The van der Waals surface area contributed by atoms with Crippen molar-refractivity contribution in [2.45, 2.75) is 13.0 Å². The molecule has 2 heterocycles. The standard InChI is InChI=1S/C24H21F3N4O4/c1-33-11-10-28-23(32)17-12-21-22(29-13-17)31(15-30-21)18-4-8-19(9-5-18)34-14-16-2-6-20(7-3-16)35-24(25,26)27/h2-9,12-13,15H,10-11,14H2,1H3,(H,28,32). The van der Waals surface area contributed by atoms with E-state index in [1.54, 1.807) is 36.2 Å². The van der Waals surface area contributed by atoms with Gasteiger partial charge in [0, 0.05) is 25.5 Å². The molecular weight excluding hydrogens is 465 g/mol. The second-order valence-electron chi connectivity index (χ2n) is 7.40. The van der Waals surface area contributed by atoms with E-state index < -0.39 is 6.36 Å². The molecule has 0 aliphatic heterocycles. The van der Waals surface area contributed by atoms with Gasteiger partial charge in [0.2, 0.25) is 0 Å². The number of ether oxygens (including phenoxy) is 3. The molecule has 0 fully saturated rings. The zero-order chi connectivity index (χ0) is 24.8. The predicted octanol–water partition coefficient (Wildman–Crippen LogP) is 4.27. The third-order valence-electron chi connectivity index (χ3n) is 4.92. The highest BCUT2D eigenvalue weighted by atomic mass is 19.4. The van der Waals surface area contributed by atoms with Crippen LogP contribution in [0.5, 0.6) is 11.5 Å². The van der Waals surface area contributed by atoms with E-state index in [1.165, 1.54) is 30.5 Å². The quantitative estimate of drug-likeness (QED) is 0.356. The summed E-state index contributed by atoms with van der Waals surface area (Å²) in [5, 5.41) is 2.74. The van der Waals surface area contributed by atoms with Gasteiger partial charge in [-0.05, 0) is 48.0 Å². The number of benzene rings is 2. The number of amides is 1. The van der Waals surface area contributed by atoms with Gasteiger partial charge in [0.25, 0.3) is 5.91 Å². The van der Waals surface area contributed by atoms with E-state index in [9.17, 15) is 18.0 Å². The number of methoxy groups -OCH3 is 1. The fourth-order valence-corrected chi connectivity index (χ4v) is 3.24. The van der Waals surface area contributed by atoms with Gasteiger partial charge >= 0.3 is 6.36 Å². The molecule has 8 nitrogen and oxygen atoms in total. The summed E-state index contributed by atoms with van der Waals surface area (Å²) in [6.07, 6.45) is -1.62. The number of aromatic nitrogens is 3. The van der Waals surface area contributed by atoms with E-state index >= 15 is 0 Å². The van der Waals surface area contributed by atoms with Gasteiger partial charge in [0.1, 0.15) is 29.9 Å². The molecule has 0 radical (unpaired) electrons. The van der Waals surface area contributed by atoms with Gasteiger partial charge in [-0.3, -0.25) is 9.36 Å². The summed E-state index contributed by atoms with van der Waals surface area (Å²) in [4.78, 5) is 20.9. The lowest BCUT2D eigenvalue weighted by atomic mass is 10.2. The van der Waals surface area contributed by atoms with Crippen LogP contribution in [0.15, 0.2) is 67.1 Å². The van der Waals surface area contributed by atoms with Crippen molar-refractivity contribution < 1.29 is 32.2 Å². The Morgan fingerprint density at radius 1 is 1.03 bits per heavy atom. The number of nitrogens with one attached hydrogen (secondary N) is 1. The zero-order valence-corrected chi connectivity index (χ0v) is 18.6. The largest absolute Gasteiger partial charge is 0.573 e. The number of pyridine rings is 1. The number of carbonyl (C=O) groups is 1. The maximum absolute atomic E-state index is 12.3. The highest BCUT2D eigenvalue weighted by Gasteiger charge is 2.30. The monoisotopic (exact) mass is 486 g/mol. The van der Waals surface area contributed by atoms with Gasteiger partial charge in [0.05, 0.1) is 12.2 Å². The minimum atomic E-state index is -4.73. The lowest BCUT2D eigenvalue weighted by Gasteiger charge is -2.10. The van der Waals surface area contributed by atoms with Gasteiger partial charge in [-0.25, -0.2) is 9.97 Å². The first-order valence-corrected chi connectivity index (χ1v) is 10.5. The van der Waals surface area contributed by atoms with Crippen LogP contribution in [-0.2, 0) is 11.3 Å². The van der Waals surface area contributed by atoms with Crippen LogP contribution in [0.3, 0.4) is 0 Å². The summed E-state index contributed by atoms with van der Waals surface area (Å²) in [7, 11) is 1.56. The molecule has 0 unspecified atom stereocenters. The summed E-state index contributed by atoms with van der Waals surface area (Å²) in [5.74, 6) is 0.0393. The fourth-order valence-electron chi connectivity index (χ4n) is 3.24. The minimum absolute atomic E-state index is 0.177. The molecule has 0 bridgehead atoms. The molecule has 0 aliphatic rings. The Bertz CT molecular complexity index is 1290. The van der Waals surface area contributed by atoms with Gasteiger partial charge in [0.15, 0.2) is 5.65 Å². The summed E-state index contributed by atoms with van der Waals surface area (Å²) < 4.78 is 53.1. The van der Waals surface area contributed by atoms with Crippen molar-refractivity contribution in [3.05, 3.63) is 78.2 Å². The number of carbonyl (C=O) groups excluding carboxylic acids is 1. The number of fused-ring (bicyclic) bond motifs is 1. The van der Waals surface area contributed by atoms with Crippen LogP contribution in [-0.4, -0.2) is 47.1 Å². The number of imidazole rings is 1. The first-order chi connectivity index (χ1) is 16.8. The Morgan fingerprint density at radius 2 is 1.74 bits per heavy atom. The van der Waals surface area contributed by atoms with Gasteiger partial charge in [-0.1, -0.05) is 12.1 Å². The Balaban J connectivity index is 1.39. The van der Waals surface area contributed by atoms with Crippen molar-refractivity contribution in [2.75, 3.05) is 20.3 Å². The molecule has 2 aromatic carbocycles. The number of alkyl halides is 3. The average molecular weight is 486 g/mol. The fraction of sp³-hybridized carbons (Fsp3) is 0.208. The average Bonchev–Trinajstić information content (AvgIpc) is 3.26. The molecule has 0 atom stereocenters. The lowest BCUT2D eigenvalue weighted by Crippen LogP contribution is -2.27. The Labute approximate surface area is 198 Å². The van der Waals surface area contributed by atoms with Crippen LogP contribution >= 0.6 is 0 Å². The van der Waals surface area contributed by atoms with Crippen molar-refractivity contribution in [1.29, 1.82) is 0 Å². The van der Waals surface area contributed by atoms with Crippen LogP contribution in [0.4, 0.5) is 13.2 Å². The Kier molecular flexibility index (Phi) is 7.16. The van der Waals surface area contributed by atoms with Crippen molar-refractivity contribution in [1.82, 2.24) is 19.9 Å². The molecule has 4 rings (SSSR count). The zero-order valence-electron chi connectivity index (χ0n) is 18.6. The molecule has 35 heavy (non-hydrogen) atoms. The van der Waals surface area contributed by atoms with Crippen LogP contribution in [0.1, 0.15) is 15.9 Å². The topological polar surface area (TPSA) is 87.5 Å². The summed E-state index contributed by atoms with van der Waals surface area (Å²) in [5.41, 5.74) is 3.05. The smallest absolute Gasteiger partial charge is 0.489 e. The highest BCUT2D eigenvalue weighted by Crippen LogP contribution is 2.24. The molecule has 2 aromatic heterocycles. The van der Waals surface area contributed by atoms with Crippen molar-refractivity contribution in [3.63, 3.8) is 0 Å². The number of halogens is 3. The normalized spacial score (nSPS) is 11.4. The Morgan fingerprint density at radius 3 is 2.43 bits per heavy atom. The van der Waals surface area contributed by atoms with E-state index in [0.717, 1.165) is 5.69 Å². The molecule has 0 aliphatic carbocycles. The summed E-state index contributed by atoms with van der Waals surface area (Å²) in [6, 6.07) is 14.3. The SMILES string of the molecule is COCCNC(=O)c1cnc2c(c1)ncn2-c1ccc(OCc2ccc(OC(F)(F)F)cc2)cc1. The molecule has 11 heteroatoms. The third-order valence-corrected chi connectivity index (χ3v) is 4.92. The van der Waals surface area contributed by atoms with Crippen LogP contribution < -0.4 is 14.8 Å². The second-order valence-corrected chi connectivity index (χ2v) is 7.40. The van der Waals surface area contributed by atoms with Crippen molar-refractivity contribution >= 4 is 17.1 Å². The molecule has 0 saturated heterocycles. The highest BCUT2D eigenvalue weighted by molar-refractivity contribution is 5.96. The molecule has 182 valence electrons. The van der Waals surface area contributed by atoms with Gasteiger partial charge in [-0.2, -0.15) is 0 Å². The summed E-state index contributed by atoms with van der Waals surface area (Å²) >= 11 is 0. The molecule has 0 saturated carbocycles.